The number of Topliss-reactive ketones (excluding diaryl/α,β-unsaturated/α-hetero) is 1. The minimum absolute atomic E-state index is 0.356. The van der Waals surface area contributed by atoms with Gasteiger partial charge >= 0.3 is 0 Å². The Labute approximate surface area is 60.2 Å². The Morgan fingerprint density at radius 2 is 2.33 bits per heavy atom. The van der Waals surface area contributed by atoms with E-state index in [0.717, 1.165) is 11.5 Å². The van der Waals surface area contributed by atoms with Crippen molar-refractivity contribution in [2.45, 2.75) is 13.8 Å². The lowest BCUT2D eigenvalue weighted by atomic mass is 9.95. The van der Waals surface area contributed by atoms with Gasteiger partial charge in [0, 0.05) is 11.7 Å². The Morgan fingerprint density at radius 3 is 2.56 bits per heavy atom. The SMILES string of the molecule is CC(C)C1CSCC1=O. The fourth-order valence-electron chi connectivity index (χ4n) is 1.05. The Bertz CT molecular complexity index is 120. The molecule has 1 nitrogen and oxygen atoms in total. The molecule has 2 heteroatoms. The highest BCUT2D eigenvalue weighted by Crippen LogP contribution is 2.25. The van der Waals surface area contributed by atoms with Gasteiger partial charge in [0.2, 0.25) is 0 Å². The van der Waals surface area contributed by atoms with Crippen LogP contribution in [0.3, 0.4) is 0 Å². The molecule has 1 aliphatic heterocycles. The standard InChI is InChI=1S/C7H12OS/c1-5(2)6-3-9-4-7(6)8/h5-6H,3-4H2,1-2H3. The number of ketones is 1. The molecule has 1 aliphatic rings. The maximum atomic E-state index is 11.0. The molecule has 1 saturated heterocycles. The second kappa shape index (κ2) is 2.74. The molecule has 0 aliphatic carbocycles. The van der Waals surface area contributed by atoms with Crippen LogP contribution in [0.15, 0.2) is 0 Å². The molecule has 0 radical (unpaired) electrons. The van der Waals surface area contributed by atoms with Crippen molar-refractivity contribution < 1.29 is 4.79 Å². The van der Waals surface area contributed by atoms with E-state index in [9.17, 15) is 4.79 Å². The largest absolute Gasteiger partial charge is 0.298 e. The third-order valence-corrected chi connectivity index (χ3v) is 2.84. The molecule has 0 aromatic rings. The summed E-state index contributed by atoms with van der Waals surface area (Å²) in [4.78, 5) is 11.0. The van der Waals surface area contributed by atoms with Crippen LogP contribution in [-0.4, -0.2) is 17.3 Å². The molecule has 9 heavy (non-hydrogen) atoms. The van der Waals surface area contributed by atoms with Crippen molar-refractivity contribution in [3.63, 3.8) is 0 Å². The zero-order valence-corrected chi connectivity index (χ0v) is 6.70. The van der Waals surface area contributed by atoms with E-state index in [1.165, 1.54) is 0 Å². The quantitative estimate of drug-likeness (QED) is 0.555. The van der Waals surface area contributed by atoms with Crippen molar-refractivity contribution in [3.05, 3.63) is 0 Å². The molecule has 1 heterocycles. The van der Waals surface area contributed by atoms with Crippen LogP contribution in [-0.2, 0) is 4.79 Å². The number of hydrogen-bond acceptors (Lipinski definition) is 2. The third kappa shape index (κ3) is 1.48. The van der Waals surface area contributed by atoms with Gasteiger partial charge in [-0.05, 0) is 5.92 Å². The van der Waals surface area contributed by atoms with E-state index in [1.54, 1.807) is 11.8 Å². The van der Waals surface area contributed by atoms with Crippen molar-refractivity contribution >= 4 is 17.5 Å². The first-order valence-corrected chi connectivity index (χ1v) is 4.47. The monoisotopic (exact) mass is 144 g/mol. The van der Waals surface area contributed by atoms with Gasteiger partial charge in [0.15, 0.2) is 0 Å². The molecule has 1 fully saturated rings. The van der Waals surface area contributed by atoms with Crippen LogP contribution in [0.5, 0.6) is 0 Å². The maximum absolute atomic E-state index is 11.0. The summed E-state index contributed by atoms with van der Waals surface area (Å²) in [5.74, 6) is 3.16. The van der Waals surface area contributed by atoms with Gasteiger partial charge in [0.05, 0.1) is 5.75 Å². The smallest absolute Gasteiger partial charge is 0.146 e. The minimum Gasteiger partial charge on any atom is -0.298 e. The van der Waals surface area contributed by atoms with Crippen LogP contribution in [0.2, 0.25) is 0 Å². The van der Waals surface area contributed by atoms with Crippen LogP contribution < -0.4 is 0 Å². The second-order valence-corrected chi connectivity index (χ2v) is 3.86. The van der Waals surface area contributed by atoms with Gasteiger partial charge in [0.25, 0.3) is 0 Å². The first-order valence-electron chi connectivity index (χ1n) is 3.32. The highest BCUT2D eigenvalue weighted by Gasteiger charge is 2.27. The summed E-state index contributed by atoms with van der Waals surface area (Å²) in [5, 5.41) is 0. The van der Waals surface area contributed by atoms with E-state index in [-0.39, 0.29) is 0 Å². The summed E-state index contributed by atoms with van der Waals surface area (Å²) < 4.78 is 0. The van der Waals surface area contributed by atoms with Gasteiger partial charge in [-0.25, -0.2) is 0 Å². The van der Waals surface area contributed by atoms with Crippen molar-refractivity contribution in [1.29, 1.82) is 0 Å². The normalized spacial score (nSPS) is 27.9. The summed E-state index contributed by atoms with van der Waals surface area (Å²) in [7, 11) is 0. The predicted molar refractivity (Wildman–Crippen MR) is 40.7 cm³/mol. The van der Waals surface area contributed by atoms with Crippen LogP contribution >= 0.6 is 11.8 Å². The molecule has 0 aromatic heterocycles. The van der Waals surface area contributed by atoms with E-state index in [1.807, 2.05) is 0 Å². The van der Waals surface area contributed by atoms with Gasteiger partial charge < -0.3 is 0 Å². The van der Waals surface area contributed by atoms with E-state index in [2.05, 4.69) is 13.8 Å². The Hall–Kier alpha value is 0.0200. The number of hydrogen-bond donors (Lipinski definition) is 0. The van der Waals surface area contributed by atoms with Gasteiger partial charge in [-0.3, -0.25) is 4.79 Å². The average molecular weight is 144 g/mol. The molecule has 1 atom stereocenters. The molecular formula is C7H12OS. The Morgan fingerprint density at radius 1 is 1.67 bits per heavy atom. The lowest BCUT2D eigenvalue weighted by Gasteiger charge is -2.09. The van der Waals surface area contributed by atoms with E-state index >= 15 is 0 Å². The van der Waals surface area contributed by atoms with E-state index < -0.39 is 0 Å². The summed E-state index contributed by atoms with van der Waals surface area (Å²) in [5.41, 5.74) is 0. The molecule has 0 amide bonds. The fraction of sp³-hybridized carbons (Fsp3) is 0.857. The first kappa shape index (κ1) is 7.13. The highest BCUT2D eigenvalue weighted by molar-refractivity contribution is 8.00. The minimum atomic E-state index is 0.356. The van der Waals surface area contributed by atoms with E-state index in [4.69, 9.17) is 0 Å². The van der Waals surface area contributed by atoms with Crippen LogP contribution in [0, 0.1) is 11.8 Å². The Balaban J connectivity index is 2.49. The summed E-state index contributed by atoms with van der Waals surface area (Å²) in [6.45, 7) is 4.24. The summed E-state index contributed by atoms with van der Waals surface area (Å²) in [6, 6.07) is 0. The van der Waals surface area contributed by atoms with Gasteiger partial charge in [-0.15, -0.1) is 0 Å². The fourth-order valence-corrected chi connectivity index (χ4v) is 2.41. The summed E-state index contributed by atoms with van der Waals surface area (Å²) >= 11 is 1.77. The van der Waals surface area contributed by atoms with Crippen LogP contribution in [0.1, 0.15) is 13.8 Å². The second-order valence-electron chi connectivity index (χ2n) is 2.83. The molecule has 1 unspecified atom stereocenters. The van der Waals surface area contributed by atoms with Gasteiger partial charge in [-0.2, -0.15) is 11.8 Å². The number of rotatable bonds is 1. The first-order chi connectivity index (χ1) is 4.22. The molecule has 0 aromatic carbocycles. The average Bonchev–Trinajstić information content (AvgIpc) is 2.13. The zero-order chi connectivity index (χ0) is 6.85. The van der Waals surface area contributed by atoms with Crippen molar-refractivity contribution in [1.82, 2.24) is 0 Å². The molecular weight excluding hydrogens is 132 g/mol. The number of carbonyl (C=O) groups excluding carboxylic acids is 1. The molecule has 0 bridgehead atoms. The van der Waals surface area contributed by atoms with Crippen molar-refractivity contribution in [2.24, 2.45) is 11.8 Å². The highest BCUT2D eigenvalue weighted by atomic mass is 32.2. The van der Waals surface area contributed by atoms with Gasteiger partial charge in [0.1, 0.15) is 5.78 Å². The third-order valence-electron chi connectivity index (χ3n) is 1.76. The lowest BCUT2D eigenvalue weighted by molar-refractivity contribution is -0.120. The lowest BCUT2D eigenvalue weighted by Crippen LogP contribution is -2.16. The number of carbonyl (C=O) groups is 1. The zero-order valence-electron chi connectivity index (χ0n) is 5.89. The molecule has 0 N–H and O–H groups in total. The van der Waals surface area contributed by atoms with Crippen LogP contribution in [0.4, 0.5) is 0 Å². The maximum Gasteiger partial charge on any atom is 0.146 e. The van der Waals surface area contributed by atoms with Crippen molar-refractivity contribution in [2.75, 3.05) is 11.5 Å². The molecule has 1 rings (SSSR count). The van der Waals surface area contributed by atoms with E-state index in [0.29, 0.717) is 17.6 Å². The molecule has 52 valence electrons. The van der Waals surface area contributed by atoms with Crippen molar-refractivity contribution in [3.8, 4) is 0 Å². The molecule has 0 saturated carbocycles. The predicted octanol–water partition coefficient (Wildman–Crippen LogP) is 1.57. The summed E-state index contributed by atoms with van der Waals surface area (Å²) in [6.07, 6.45) is 0. The topological polar surface area (TPSA) is 17.1 Å². The van der Waals surface area contributed by atoms with Gasteiger partial charge in [-0.1, -0.05) is 13.8 Å². The van der Waals surface area contributed by atoms with Crippen LogP contribution in [0.25, 0.3) is 0 Å². The Kier molecular flexibility index (Phi) is 2.17. The number of thioether (sulfide) groups is 1. The molecule has 0 spiro atoms.